The van der Waals surface area contributed by atoms with Crippen LogP contribution in [-0.2, 0) is 16.4 Å². The van der Waals surface area contributed by atoms with Crippen LogP contribution in [0.15, 0.2) is 18.2 Å². The van der Waals surface area contributed by atoms with Gasteiger partial charge >= 0.3 is 0 Å². The fourth-order valence-corrected chi connectivity index (χ4v) is 4.10. The van der Waals surface area contributed by atoms with Crippen LogP contribution in [0.1, 0.15) is 12.0 Å². The van der Waals surface area contributed by atoms with Gasteiger partial charge in [-0.1, -0.05) is 6.07 Å². The van der Waals surface area contributed by atoms with Crippen molar-refractivity contribution in [1.29, 1.82) is 0 Å². The van der Waals surface area contributed by atoms with Gasteiger partial charge in [0.25, 0.3) is 0 Å². The summed E-state index contributed by atoms with van der Waals surface area (Å²) >= 11 is 0. The molecule has 1 aromatic carbocycles. The first kappa shape index (κ1) is 14.3. The number of rotatable bonds is 5. The Morgan fingerprint density at radius 3 is 2.84 bits per heavy atom. The van der Waals surface area contributed by atoms with Crippen LogP contribution in [0.3, 0.4) is 0 Å². The summed E-state index contributed by atoms with van der Waals surface area (Å²) in [7, 11) is -1.35. The third-order valence-electron chi connectivity index (χ3n) is 3.34. The summed E-state index contributed by atoms with van der Waals surface area (Å²) in [5, 5.41) is 3.11. The molecule has 6 heteroatoms. The maximum atomic E-state index is 13.6. The molecule has 19 heavy (non-hydrogen) atoms. The lowest BCUT2D eigenvalue weighted by molar-refractivity contribution is 0.410. The van der Waals surface area contributed by atoms with Crippen LogP contribution >= 0.6 is 0 Å². The Bertz CT molecular complexity index is 545. The summed E-state index contributed by atoms with van der Waals surface area (Å²) in [6, 6.07) is 4.73. The zero-order valence-electron chi connectivity index (χ0n) is 10.9. The van der Waals surface area contributed by atoms with Gasteiger partial charge in [-0.2, -0.15) is 0 Å². The van der Waals surface area contributed by atoms with Crippen LogP contribution in [0, 0.1) is 11.7 Å². The van der Waals surface area contributed by atoms with Crippen LogP contribution in [0.4, 0.5) is 4.39 Å². The number of sulfone groups is 1. The summed E-state index contributed by atoms with van der Waals surface area (Å²) in [6.45, 7) is 0.997. The molecule has 1 unspecified atom stereocenters. The Morgan fingerprint density at radius 1 is 1.47 bits per heavy atom. The highest BCUT2D eigenvalue weighted by atomic mass is 32.2. The van der Waals surface area contributed by atoms with Crippen molar-refractivity contribution in [2.75, 3.05) is 25.2 Å². The lowest BCUT2D eigenvalue weighted by Crippen LogP contribution is -2.23. The maximum absolute atomic E-state index is 13.6. The van der Waals surface area contributed by atoms with Crippen LogP contribution in [0.5, 0.6) is 5.75 Å². The van der Waals surface area contributed by atoms with Crippen LogP contribution < -0.4 is 10.1 Å². The molecule has 1 aliphatic rings. The molecule has 0 saturated carbocycles. The summed E-state index contributed by atoms with van der Waals surface area (Å²) < 4.78 is 41.2. The SMILES string of the molecule is COc1ccc(CNCC2CCS(=O)(=O)C2)c(F)c1. The van der Waals surface area contributed by atoms with Crippen molar-refractivity contribution in [3.63, 3.8) is 0 Å². The van der Waals surface area contributed by atoms with Crippen LogP contribution in [0.25, 0.3) is 0 Å². The van der Waals surface area contributed by atoms with Gasteiger partial charge in [0.2, 0.25) is 0 Å². The number of benzene rings is 1. The Hall–Kier alpha value is -1.14. The zero-order valence-corrected chi connectivity index (χ0v) is 11.7. The Labute approximate surface area is 112 Å². The second kappa shape index (κ2) is 5.88. The molecule has 1 atom stereocenters. The molecule has 1 aliphatic heterocycles. The highest BCUT2D eigenvalue weighted by Crippen LogP contribution is 2.18. The minimum Gasteiger partial charge on any atom is -0.497 e. The predicted molar refractivity (Wildman–Crippen MR) is 71.4 cm³/mol. The summed E-state index contributed by atoms with van der Waals surface area (Å²) in [4.78, 5) is 0. The lowest BCUT2D eigenvalue weighted by atomic mass is 10.1. The van der Waals surface area contributed by atoms with E-state index in [-0.39, 0.29) is 23.2 Å². The van der Waals surface area contributed by atoms with Gasteiger partial charge in [-0.05, 0) is 24.9 Å². The van der Waals surface area contributed by atoms with Gasteiger partial charge in [0.05, 0.1) is 18.6 Å². The third-order valence-corrected chi connectivity index (χ3v) is 5.17. The number of nitrogens with one attached hydrogen (secondary N) is 1. The van der Waals surface area contributed by atoms with Gasteiger partial charge in [0, 0.05) is 18.2 Å². The van der Waals surface area contributed by atoms with E-state index in [0.29, 0.717) is 30.8 Å². The fraction of sp³-hybridized carbons (Fsp3) is 0.538. The molecule has 0 amide bonds. The van der Waals surface area contributed by atoms with Gasteiger partial charge in [0.15, 0.2) is 9.84 Å². The predicted octanol–water partition coefficient (Wildman–Crippen LogP) is 1.36. The molecule has 106 valence electrons. The smallest absolute Gasteiger partial charge is 0.150 e. The highest BCUT2D eigenvalue weighted by molar-refractivity contribution is 7.91. The Kier molecular flexibility index (Phi) is 4.42. The van der Waals surface area contributed by atoms with Crippen LogP contribution in [0.2, 0.25) is 0 Å². The highest BCUT2D eigenvalue weighted by Gasteiger charge is 2.27. The molecule has 1 aromatic rings. The molecular weight excluding hydrogens is 269 g/mol. The number of hydrogen-bond donors (Lipinski definition) is 1. The minimum absolute atomic E-state index is 0.145. The Balaban J connectivity index is 1.83. The quantitative estimate of drug-likeness (QED) is 0.888. The average Bonchev–Trinajstić information content (AvgIpc) is 2.71. The number of hydrogen-bond acceptors (Lipinski definition) is 4. The topological polar surface area (TPSA) is 55.4 Å². The van der Waals surface area contributed by atoms with Gasteiger partial charge in [-0.15, -0.1) is 0 Å². The van der Waals surface area contributed by atoms with Crippen LogP contribution in [-0.4, -0.2) is 33.6 Å². The van der Waals surface area contributed by atoms with Gasteiger partial charge in [0.1, 0.15) is 11.6 Å². The molecule has 0 aromatic heterocycles. The van der Waals surface area contributed by atoms with E-state index in [2.05, 4.69) is 5.32 Å². The molecule has 4 nitrogen and oxygen atoms in total. The van der Waals surface area contributed by atoms with E-state index in [9.17, 15) is 12.8 Å². The standard InChI is InChI=1S/C13H18FNO3S/c1-18-12-3-2-11(13(14)6-12)8-15-7-10-4-5-19(16,17)9-10/h2-3,6,10,15H,4-5,7-9H2,1H3. The van der Waals surface area contributed by atoms with E-state index in [1.807, 2.05) is 0 Å². The second-order valence-corrected chi connectivity index (χ2v) is 7.09. The van der Waals surface area contributed by atoms with E-state index in [1.165, 1.54) is 13.2 Å². The molecule has 1 saturated heterocycles. The van der Waals surface area contributed by atoms with Crippen molar-refractivity contribution in [2.45, 2.75) is 13.0 Å². The third kappa shape index (κ3) is 3.91. The Morgan fingerprint density at radius 2 is 2.26 bits per heavy atom. The lowest BCUT2D eigenvalue weighted by Gasteiger charge is -2.10. The summed E-state index contributed by atoms with van der Waals surface area (Å²) in [6.07, 6.45) is 0.695. The molecule has 0 radical (unpaired) electrons. The molecule has 1 N–H and O–H groups in total. The van der Waals surface area contributed by atoms with Crippen molar-refractivity contribution in [2.24, 2.45) is 5.92 Å². The molecule has 2 rings (SSSR count). The van der Waals surface area contributed by atoms with E-state index in [4.69, 9.17) is 4.74 Å². The van der Waals surface area contributed by atoms with E-state index in [0.717, 1.165) is 0 Å². The summed E-state index contributed by atoms with van der Waals surface area (Å²) in [5.41, 5.74) is 0.557. The molecule has 0 bridgehead atoms. The second-order valence-electron chi connectivity index (χ2n) is 4.86. The van der Waals surface area contributed by atoms with Crippen molar-refractivity contribution in [3.05, 3.63) is 29.6 Å². The number of methoxy groups -OCH3 is 1. The first-order chi connectivity index (χ1) is 9.00. The van der Waals surface area contributed by atoms with E-state index < -0.39 is 9.84 Å². The van der Waals surface area contributed by atoms with Gasteiger partial charge in [-0.25, -0.2) is 12.8 Å². The van der Waals surface area contributed by atoms with Crippen molar-refractivity contribution in [3.8, 4) is 5.75 Å². The van der Waals surface area contributed by atoms with Crippen molar-refractivity contribution >= 4 is 9.84 Å². The normalized spacial score (nSPS) is 21.5. The van der Waals surface area contributed by atoms with Crippen molar-refractivity contribution in [1.82, 2.24) is 5.32 Å². The van der Waals surface area contributed by atoms with Gasteiger partial charge in [-0.3, -0.25) is 0 Å². The molecule has 0 spiro atoms. The van der Waals surface area contributed by atoms with Gasteiger partial charge < -0.3 is 10.1 Å². The molecular formula is C13H18FNO3S. The minimum atomic E-state index is -2.84. The average molecular weight is 287 g/mol. The first-order valence-corrected chi connectivity index (χ1v) is 8.06. The zero-order chi connectivity index (χ0) is 13.9. The number of ether oxygens (including phenoxy) is 1. The van der Waals surface area contributed by atoms with E-state index in [1.54, 1.807) is 12.1 Å². The molecule has 0 aliphatic carbocycles. The first-order valence-electron chi connectivity index (χ1n) is 6.24. The van der Waals surface area contributed by atoms with E-state index >= 15 is 0 Å². The summed E-state index contributed by atoms with van der Waals surface area (Å²) in [5.74, 6) is 0.835. The fourth-order valence-electron chi connectivity index (χ4n) is 2.24. The molecule has 1 fully saturated rings. The largest absolute Gasteiger partial charge is 0.497 e. The van der Waals surface area contributed by atoms with Crippen molar-refractivity contribution < 1.29 is 17.5 Å². The monoisotopic (exact) mass is 287 g/mol. The number of halogens is 1. The maximum Gasteiger partial charge on any atom is 0.150 e. The molecule has 1 heterocycles.